The first-order valence-corrected chi connectivity index (χ1v) is 7.33. The molecule has 1 aliphatic carbocycles. The third-order valence-electron chi connectivity index (χ3n) is 4.49. The number of carbonyl (C=O) groups excluding carboxylic acids is 1. The molecule has 0 radical (unpaired) electrons. The maximum Gasteiger partial charge on any atom is 0.256 e. The van der Waals surface area contributed by atoms with E-state index in [1.807, 2.05) is 24.1 Å². The average molecular weight is 279 g/mol. The Hall–Kier alpha value is -1.22. The van der Waals surface area contributed by atoms with Crippen molar-refractivity contribution in [2.45, 2.75) is 19.3 Å². The Morgan fingerprint density at radius 3 is 2.63 bits per heavy atom. The van der Waals surface area contributed by atoms with Gasteiger partial charge in [0.1, 0.15) is 0 Å². The van der Waals surface area contributed by atoms with Gasteiger partial charge in [-0.15, -0.1) is 0 Å². The first-order valence-electron chi connectivity index (χ1n) is 6.95. The maximum atomic E-state index is 12.6. The normalized spacial score (nSPS) is 25.5. The highest BCUT2D eigenvalue weighted by molar-refractivity contribution is 6.31. The topological polar surface area (TPSA) is 32.3 Å². The van der Waals surface area contributed by atoms with Crippen molar-refractivity contribution in [1.82, 2.24) is 4.90 Å². The molecule has 2 unspecified atom stereocenters. The number of nitrogens with zero attached hydrogens (tertiary/aromatic N) is 1. The summed E-state index contributed by atoms with van der Waals surface area (Å²) in [6.07, 6.45) is 3.89. The van der Waals surface area contributed by atoms with Crippen molar-refractivity contribution in [2.75, 3.05) is 25.5 Å². The maximum absolute atomic E-state index is 12.6. The summed E-state index contributed by atoms with van der Waals surface area (Å²) in [5.74, 6) is 1.56. The fourth-order valence-corrected chi connectivity index (χ4v) is 3.65. The molecule has 2 atom stereocenters. The van der Waals surface area contributed by atoms with E-state index in [9.17, 15) is 4.79 Å². The van der Waals surface area contributed by atoms with Gasteiger partial charge in [-0.3, -0.25) is 4.79 Å². The summed E-state index contributed by atoms with van der Waals surface area (Å²) in [6.45, 7) is 1.83. The van der Waals surface area contributed by atoms with Gasteiger partial charge in [-0.25, -0.2) is 0 Å². The number of benzene rings is 1. The molecule has 1 aromatic rings. The first-order chi connectivity index (χ1) is 9.19. The number of hydrogen-bond donors (Lipinski definition) is 1. The molecule has 1 heterocycles. The van der Waals surface area contributed by atoms with Gasteiger partial charge in [-0.1, -0.05) is 18.0 Å². The van der Waals surface area contributed by atoms with E-state index in [1.54, 1.807) is 6.07 Å². The van der Waals surface area contributed by atoms with Crippen molar-refractivity contribution >= 4 is 23.2 Å². The Bertz CT molecular complexity index is 491. The Morgan fingerprint density at radius 1 is 1.32 bits per heavy atom. The van der Waals surface area contributed by atoms with Gasteiger partial charge in [0.2, 0.25) is 0 Å². The highest BCUT2D eigenvalue weighted by Crippen LogP contribution is 2.38. The number of hydrogen-bond acceptors (Lipinski definition) is 2. The summed E-state index contributed by atoms with van der Waals surface area (Å²) in [5, 5.41) is 3.68. The van der Waals surface area contributed by atoms with Crippen LogP contribution in [0.2, 0.25) is 5.02 Å². The molecule has 4 heteroatoms. The van der Waals surface area contributed by atoms with Gasteiger partial charge < -0.3 is 10.2 Å². The van der Waals surface area contributed by atoms with E-state index in [0.29, 0.717) is 10.6 Å². The Labute approximate surface area is 118 Å². The van der Waals surface area contributed by atoms with Crippen molar-refractivity contribution < 1.29 is 4.79 Å². The zero-order valence-electron chi connectivity index (χ0n) is 11.2. The molecule has 3 rings (SSSR count). The van der Waals surface area contributed by atoms with Crippen molar-refractivity contribution in [3.63, 3.8) is 0 Å². The third kappa shape index (κ3) is 2.32. The third-order valence-corrected chi connectivity index (χ3v) is 4.73. The zero-order valence-corrected chi connectivity index (χ0v) is 11.9. The second-order valence-corrected chi connectivity index (χ2v) is 6.04. The lowest BCUT2D eigenvalue weighted by Gasteiger charge is -2.19. The second kappa shape index (κ2) is 5.04. The van der Waals surface area contributed by atoms with Crippen LogP contribution in [0.5, 0.6) is 0 Å². The fraction of sp³-hybridized carbons (Fsp3) is 0.533. The van der Waals surface area contributed by atoms with Crippen LogP contribution in [0.15, 0.2) is 18.2 Å². The minimum absolute atomic E-state index is 0.112. The van der Waals surface area contributed by atoms with Crippen LogP contribution in [0, 0.1) is 11.8 Å². The SMILES string of the molecule is CNc1ccc(Cl)cc1C(=O)N1CC2CCCC2C1. The van der Waals surface area contributed by atoms with Gasteiger partial charge in [-0.05, 0) is 42.9 Å². The number of fused-ring (bicyclic) bond motifs is 1. The summed E-state index contributed by atoms with van der Waals surface area (Å²) in [4.78, 5) is 14.6. The predicted octanol–water partition coefficient (Wildman–Crippen LogP) is 3.25. The number of likely N-dealkylation sites (tertiary alicyclic amines) is 1. The molecule has 2 aliphatic rings. The molecule has 0 aromatic heterocycles. The molecule has 19 heavy (non-hydrogen) atoms. The van der Waals surface area contributed by atoms with E-state index in [-0.39, 0.29) is 5.91 Å². The molecule has 3 nitrogen and oxygen atoms in total. The summed E-state index contributed by atoms with van der Waals surface area (Å²) in [6, 6.07) is 5.44. The molecule has 0 bridgehead atoms. The standard InChI is InChI=1S/C15H19ClN2O/c1-17-14-6-5-12(16)7-13(14)15(19)18-8-10-3-2-4-11(10)9-18/h5-7,10-11,17H,2-4,8-9H2,1H3. The number of carbonyl (C=O) groups is 1. The van der Waals surface area contributed by atoms with Gasteiger partial charge >= 0.3 is 0 Å². The van der Waals surface area contributed by atoms with Crippen LogP contribution in [0.4, 0.5) is 5.69 Å². The molecule has 1 N–H and O–H groups in total. The molecule has 2 fully saturated rings. The molecule has 102 valence electrons. The van der Waals surface area contributed by atoms with Crippen LogP contribution in [0.3, 0.4) is 0 Å². The van der Waals surface area contributed by atoms with E-state index in [2.05, 4.69) is 5.32 Å². The van der Waals surface area contributed by atoms with Crippen LogP contribution >= 0.6 is 11.6 Å². The van der Waals surface area contributed by atoms with Crippen LogP contribution in [-0.4, -0.2) is 30.9 Å². The summed E-state index contributed by atoms with van der Waals surface area (Å²) < 4.78 is 0. The first kappa shape index (κ1) is 12.8. The Morgan fingerprint density at radius 2 is 2.00 bits per heavy atom. The Balaban J connectivity index is 1.82. The van der Waals surface area contributed by atoms with Crippen LogP contribution in [0.1, 0.15) is 29.6 Å². The van der Waals surface area contributed by atoms with Gasteiger partial charge in [0.05, 0.1) is 5.56 Å². The lowest BCUT2D eigenvalue weighted by molar-refractivity contribution is 0.0781. The van der Waals surface area contributed by atoms with E-state index in [0.717, 1.165) is 30.6 Å². The lowest BCUT2D eigenvalue weighted by atomic mass is 10.0. The van der Waals surface area contributed by atoms with E-state index >= 15 is 0 Å². The van der Waals surface area contributed by atoms with E-state index in [1.165, 1.54) is 19.3 Å². The number of amides is 1. The van der Waals surface area contributed by atoms with Crippen molar-refractivity contribution in [3.8, 4) is 0 Å². The van der Waals surface area contributed by atoms with Crippen molar-refractivity contribution in [1.29, 1.82) is 0 Å². The van der Waals surface area contributed by atoms with Crippen molar-refractivity contribution in [2.24, 2.45) is 11.8 Å². The largest absolute Gasteiger partial charge is 0.387 e. The van der Waals surface area contributed by atoms with Gasteiger partial charge in [0, 0.05) is 30.8 Å². The number of nitrogens with one attached hydrogen (secondary N) is 1. The molecule has 0 spiro atoms. The average Bonchev–Trinajstić information content (AvgIpc) is 2.98. The molecule has 1 aliphatic heterocycles. The zero-order chi connectivity index (χ0) is 13.4. The smallest absolute Gasteiger partial charge is 0.256 e. The van der Waals surface area contributed by atoms with Crippen LogP contribution in [-0.2, 0) is 0 Å². The van der Waals surface area contributed by atoms with Gasteiger partial charge in [0.25, 0.3) is 5.91 Å². The predicted molar refractivity (Wildman–Crippen MR) is 77.7 cm³/mol. The quantitative estimate of drug-likeness (QED) is 0.901. The molecule has 1 saturated heterocycles. The van der Waals surface area contributed by atoms with E-state index in [4.69, 9.17) is 11.6 Å². The number of rotatable bonds is 2. The second-order valence-electron chi connectivity index (χ2n) is 5.60. The molecule has 1 amide bonds. The number of halogens is 1. The van der Waals surface area contributed by atoms with Crippen LogP contribution < -0.4 is 5.32 Å². The van der Waals surface area contributed by atoms with Gasteiger partial charge in [0.15, 0.2) is 0 Å². The Kier molecular flexibility index (Phi) is 3.40. The number of anilines is 1. The highest BCUT2D eigenvalue weighted by atomic mass is 35.5. The molecule has 1 aromatic carbocycles. The highest BCUT2D eigenvalue weighted by Gasteiger charge is 2.38. The molecular weight excluding hydrogens is 260 g/mol. The van der Waals surface area contributed by atoms with Gasteiger partial charge in [-0.2, -0.15) is 0 Å². The van der Waals surface area contributed by atoms with Crippen LogP contribution in [0.25, 0.3) is 0 Å². The van der Waals surface area contributed by atoms with Crippen molar-refractivity contribution in [3.05, 3.63) is 28.8 Å². The summed E-state index contributed by atoms with van der Waals surface area (Å²) in [5.41, 5.74) is 1.54. The molecule has 1 saturated carbocycles. The lowest BCUT2D eigenvalue weighted by Crippen LogP contribution is -2.30. The monoisotopic (exact) mass is 278 g/mol. The fourth-order valence-electron chi connectivity index (χ4n) is 3.48. The summed E-state index contributed by atoms with van der Waals surface area (Å²) in [7, 11) is 1.83. The summed E-state index contributed by atoms with van der Waals surface area (Å²) >= 11 is 6.02. The van der Waals surface area contributed by atoms with E-state index < -0.39 is 0 Å². The minimum Gasteiger partial charge on any atom is -0.387 e. The molecular formula is C15H19ClN2O. The minimum atomic E-state index is 0.112.